The molecule has 0 aromatic carbocycles. The third-order valence-corrected chi connectivity index (χ3v) is 2.75. The van der Waals surface area contributed by atoms with E-state index in [1.54, 1.807) is 11.8 Å². The summed E-state index contributed by atoms with van der Waals surface area (Å²) in [5.41, 5.74) is 5.57. The summed E-state index contributed by atoms with van der Waals surface area (Å²) in [6.07, 6.45) is 0.617. The molecule has 0 radical (unpaired) electrons. The predicted molar refractivity (Wildman–Crippen MR) is 62.7 cm³/mol. The van der Waals surface area contributed by atoms with Crippen LogP contribution in [-0.4, -0.2) is 20.9 Å². The number of thioether (sulfide) groups is 1. The van der Waals surface area contributed by atoms with Crippen LogP contribution in [0, 0.1) is 0 Å². The minimum atomic E-state index is -0.297. The van der Waals surface area contributed by atoms with Gasteiger partial charge in [-0.15, -0.1) is 0 Å². The third kappa shape index (κ3) is 5.18. The quantitative estimate of drug-likeness (QED) is 0.836. The fourth-order valence-electron chi connectivity index (χ4n) is 1.05. The number of hydrogen-bond acceptors (Lipinski definition) is 5. The summed E-state index contributed by atoms with van der Waals surface area (Å²) in [5, 5.41) is 4.49. The molecule has 0 saturated heterocycles. The first-order valence-corrected chi connectivity index (χ1v) is 6.13. The highest BCUT2D eigenvalue weighted by Gasteiger charge is 2.16. The van der Waals surface area contributed by atoms with Gasteiger partial charge < -0.3 is 10.3 Å². The van der Waals surface area contributed by atoms with Gasteiger partial charge in [0, 0.05) is 12.0 Å². The Morgan fingerprint density at radius 1 is 1.47 bits per heavy atom. The maximum absolute atomic E-state index is 5.87. The fraction of sp³-hybridized carbons (Fsp3) is 0.800. The highest BCUT2D eigenvalue weighted by Crippen LogP contribution is 2.16. The monoisotopic (exact) mass is 229 g/mol. The van der Waals surface area contributed by atoms with E-state index in [-0.39, 0.29) is 5.54 Å². The van der Waals surface area contributed by atoms with Gasteiger partial charge in [0.2, 0.25) is 5.89 Å². The maximum Gasteiger partial charge on any atom is 0.228 e. The van der Waals surface area contributed by atoms with Gasteiger partial charge in [-0.2, -0.15) is 16.7 Å². The number of hydrogen-bond donors (Lipinski definition) is 1. The lowest BCUT2D eigenvalue weighted by Gasteiger charge is -2.14. The molecular formula is C10H19N3OS. The zero-order chi connectivity index (χ0) is 11.5. The molecule has 0 saturated carbocycles. The Morgan fingerprint density at radius 2 is 2.13 bits per heavy atom. The summed E-state index contributed by atoms with van der Waals surface area (Å²) in [6.45, 7) is 8.18. The number of nitrogens with zero attached hydrogens (tertiary/aromatic N) is 2. The van der Waals surface area contributed by atoms with Crippen molar-refractivity contribution in [2.75, 3.05) is 0 Å². The zero-order valence-corrected chi connectivity index (χ0v) is 10.6. The van der Waals surface area contributed by atoms with E-state index in [0.717, 1.165) is 11.6 Å². The van der Waals surface area contributed by atoms with Crippen LogP contribution in [0.5, 0.6) is 0 Å². The van der Waals surface area contributed by atoms with Crippen molar-refractivity contribution in [3.05, 3.63) is 11.7 Å². The molecular weight excluding hydrogens is 210 g/mol. The average molecular weight is 229 g/mol. The Bertz CT molecular complexity index is 304. The first-order valence-electron chi connectivity index (χ1n) is 5.09. The molecule has 0 aliphatic carbocycles. The van der Waals surface area contributed by atoms with Crippen molar-refractivity contribution < 1.29 is 4.52 Å². The minimum absolute atomic E-state index is 0.297. The van der Waals surface area contributed by atoms with Crippen molar-refractivity contribution in [3.8, 4) is 0 Å². The van der Waals surface area contributed by atoms with E-state index in [1.807, 2.05) is 13.8 Å². The van der Waals surface area contributed by atoms with Gasteiger partial charge in [-0.3, -0.25) is 0 Å². The second-order valence-corrected chi connectivity index (χ2v) is 6.19. The molecule has 0 unspecified atom stereocenters. The van der Waals surface area contributed by atoms with Crippen molar-refractivity contribution >= 4 is 11.8 Å². The van der Waals surface area contributed by atoms with E-state index in [2.05, 4.69) is 24.0 Å². The molecule has 0 amide bonds. The van der Waals surface area contributed by atoms with Crippen molar-refractivity contribution in [1.29, 1.82) is 0 Å². The van der Waals surface area contributed by atoms with Gasteiger partial charge in [0.15, 0.2) is 5.82 Å². The molecule has 15 heavy (non-hydrogen) atoms. The van der Waals surface area contributed by atoms with E-state index < -0.39 is 0 Å². The van der Waals surface area contributed by atoms with Crippen LogP contribution in [0.15, 0.2) is 4.52 Å². The molecule has 86 valence electrons. The van der Waals surface area contributed by atoms with Crippen LogP contribution in [0.1, 0.15) is 39.4 Å². The van der Waals surface area contributed by atoms with Gasteiger partial charge in [0.1, 0.15) is 0 Å². The van der Waals surface area contributed by atoms with Crippen molar-refractivity contribution in [2.45, 2.75) is 50.7 Å². The largest absolute Gasteiger partial charge is 0.339 e. The van der Waals surface area contributed by atoms with Gasteiger partial charge >= 0.3 is 0 Å². The second kappa shape index (κ2) is 4.99. The topological polar surface area (TPSA) is 64.9 Å². The van der Waals surface area contributed by atoms with Gasteiger partial charge in [-0.25, -0.2) is 0 Å². The lowest BCUT2D eigenvalue weighted by Crippen LogP contribution is -2.34. The summed E-state index contributed by atoms with van der Waals surface area (Å²) in [5.74, 6) is 2.18. The van der Waals surface area contributed by atoms with Crippen LogP contribution in [0.25, 0.3) is 0 Å². The van der Waals surface area contributed by atoms with E-state index >= 15 is 0 Å². The molecule has 0 atom stereocenters. The smallest absolute Gasteiger partial charge is 0.228 e. The molecule has 0 aliphatic heterocycles. The third-order valence-electron chi connectivity index (χ3n) is 1.66. The Labute approximate surface area is 95.0 Å². The Kier molecular flexibility index (Phi) is 4.16. The van der Waals surface area contributed by atoms with Gasteiger partial charge in [0.25, 0.3) is 0 Å². The first kappa shape index (κ1) is 12.5. The minimum Gasteiger partial charge on any atom is -0.339 e. The summed E-state index contributed by atoms with van der Waals surface area (Å²) in [6, 6.07) is 0. The summed E-state index contributed by atoms with van der Waals surface area (Å²) in [7, 11) is 0. The highest BCUT2D eigenvalue weighted by atomic mass is 32.2. The molecule has 1 aromatic rings. The van der Waals surface area contributed by atoms with Gasteiger partial charge in [-0.1, -0.05) is 19.0 Å². The molecule has 0 fully saturated rings. The van der Waals surface area contributed by atoms with Crippen LogP contribution < -0.4 is 5.73 Å². The number of rotatable bonds is 5. The first-order chi connectivity index (χ1) is 6.87. The molecule has 4 nitrogen and oxygen atoms in total. The SMILES string of the molecule is CC(C)SCc1noc(CC(C)(C)N)n1. The Hall–Kier alpha value is -0.550. The lowest BCUT2D eigenvalue weighted by molar-refractivity contribution is 0.345. The van der Waals surface area contributed by atoms with Crippen LogP contribution in [0.4, 0.5) is 0 Å². The molecule has 2 N–H and O–H groups in total. The fourth-order valence-corrected chi connectivity index (χ4v) is 1.65. The van der Waals surface area contributed by atoms with Crippen molar-refractivity contribution in [2.24, 2.45) is 5.73 Å². The van der Waals surface area contributed by atoms with Crippen molar-refractivity contribution in [3.63, 3.8) is 0 Å². The van der Waals surface area contributed by atoms with E-state index in [9.17, 15) is 0 Å². The van der Waals surface area contributed by atoms with Gasteiger partial charge in [-0.05, 0) is 19.1 Å². The highest BCUT2D eigenvalue weighted by molar-refractivity contribution is 7.99. The second-order valence-electron chi connectivity index (χ2n) is 4.63. The molecule has 0 spiro atoms. The van der Waals surface area contributed by atoms with E-state index in [1.165, 1.54) is 0 Å². The number of aromatic nitrogens is 2. The Balaban J connectivity index is 2.49. The molecule has 0 aliphatic rings. The number of nitrogens with two attached hydrogens (primary N) is 1. The van der Waals surface area contributed by atoms with E-state index in [4.69, 9.17) is 10.3 Å². The average Bonchev–Trinajstić information content (AvgIpc) is 2.45. The van der Waals surface area contributed by atoms with Crippen LogP contribution in [-0.2, 0) is 12.2 Å². The Morgan fingerprint density at radius 3 is 2.67 bits per heavy atom. The van der Waals surface area contributed by atoms with Crippen LogP contribution in [0.2, 0.25) is 0 Å². The summed E-state index contributed by atoms with van der Waals surface area (Å²) < 4.78 is 5.12. The van der Waals surface area contributed by atoms with Crippen molar-refractivity contribution in [1.82, 2.24) is 10.1 Å². The normalized spacial score (nSPS) is 12.4. The summed E-state index contributed by atoms with van der Waals surface area (Å²) in [4.78, 5) is 4.29. The van der Waals surface area contributed by atoms with Crippen LogP contribution >= 0.6 is 11.8 Å². The predicted octanol–water partition coefficient (Wildman–Crippen LogP) is 1.99. The molecule has 5 heteroatoms. The zero-order valence-electron chi connectivity index (χ0n) is 9.78. The molecule has 0 bridgehead atoms. The maximum atomic E-state index is 5.87. The molecule has 1 rings (SSSR count). The van der Waals surface area contributed by atoms with E-state index in [0.29, 0.717) is 17.6 Å². The lowest BCUT2D eigenvalue weighted by atomic mass is 10.0. The summed E-state index contributed by atoms with van der Waals surface area (Å²) >= 11 is 1.80. The standard InChI is InChI=1S/C10H19N3OS/c1-7(2)15-6-8-12-9(14-13-8)5-10(3,4)11/h7H,5-6,11H2,1-4H3. The molecule has 1 heterocycles. The van der Waals surface area contributed by atoms with Crippen LogP contribution in [0.3, 0.4) is 0 Å². The van der Waals surface area contributed by atoms with Gasteiger partial charge in [0.05, 0.1) is 5.75 Å². The molecule has 1 aromatic heterocycles.